The number of nitro benzene ring substituents is 1. The number of hydrogen-bond donors (Lipinski definition) is 2. The van der Waals surface area contributed by atoms with Crippen molar-refractivity contribution in [1.82, 2.24) is 0 Å². The highest BCUT2D eigenvalue weighted by Gasteiger charge is 2.19. The average Bonchev–Trinajstić information content (AvgIpc) is 2.26. The van der Waals surface area contributed by atoms with E-state index in [1.807, 2.05) is 0 Å². The van der Waals surface area contributed by atoms with Crippen LogP contribution in [0.4, 0.5) is 25.8 Å². The normalized spacial score (nSPS) is 10.4. The molecule has 0 aromatic heterocycles. The molecule has 1 aromatic rings. The third-order valence-corrected chi connectivity index (χ3v) is 2.03. The Labute approximate surface area is 97.0 Å². The second kappa shape index (κ2) is 5.97. The zero-order valence-electron chi connectivity index (χ0n) is 9.24. The zero-order chi connectivity index (χ0) is 12.8. The van der Waals surface area contributed by atoms with Crippen LogP contribution in [0, 0.1) is 10.1 Å². The summed E-state index contributed by atoms with van der Waals surface area (Å²) in [6.07, 6.45) is -2.56. The maximum absolute atomic E-state index is 12.1. The fourth-order valence-electron chi connectivity index (χ4n) is 1.40. The number of nitrogens with zero attached hydrogens (tertiary/aromatic N) is 1. The number of alkyl halides is 2. The van der Waals surface area contributed by atoms with Gasteiger partial charge in [0, 0.05) is 6.54 Å². The maximum Gasteiger partial charge on any atom is 0.315 e. The Morgan fingerprint density at radius 1 is 1.35 bits per heavy atom. The van der Waals surface area contributed by atoms with Crippen LogP contribution in [-0.2, 0) is 0 Å². The van der Waals surface area contributed by atoms with Crippen LogP contribution in [0.1, 0.15) is 6.92 Å². The maximum atomic E-state index is 12.1. The van der Waals surface area contributed by atoms with Crippen molar-refractivity contribution in [2.75, 3.05) is 23.7 Å². The number of anilines is 2. The van der Waals surface area contributed by atoms with Gasteiger partial charge in [0.2, 0.25) is 0 Å². The third kappa shape index (κ3) is 3.54. The molecule has 0 fully saturated rings. The van der Waals surface area contributed by atoms with Gasteiger partial charge in [0.25, 0.3) is 6.43 Å². The molecule has 0 spiro atoms. The second-order valence-corrected chi connectivity index (χ2v) is 3.26. The molecule has 0 aliphatic carbocycles. The van der Waals surface area contributed by atoms with E-state index in [1.54, 1.807) is 13.0 Å². The van der Waals surface area contributed by atoms with Gasteiger partial charge in [-0.2, -0.15) is 0 Å². The summed E-state index contributed by atoms with van der Waals surface area (Å²) in [5, 5.41) is 16.1. The van der Waals surface area contributed by atoms with Gasteiger partial charge in [-0.3, -0.25) is 10.1 Å². The summed E-state index contributed by atoms with van der Waals surface area (Å²) in [6.45, 7) is 1.69. The third-order valence-electron chi connectivity index (χ3n) is 2.03. The van der Waals surface area contributed by atoms with E-state index in [9.17, 15) is 18.9 Å². The van der Waals surface area contributed by atoms with E-state index in [0.717, 1.165) is 0 Å². The second-order valence-electron chi connectivity index (χ2n) is 3.26. The smallest absolute Gasteiger partial charge is 0.315 e. The molecule has 7 heteroatoms. The summed E-state index contributed by atoms with van der Waals surface area (Å²) in [6, 6.07) is 4.51. The number of rotatable bonds is 6. The summed E-state index contributed by atoms with van der Waals surface area (Å²) < 4.78 is 24.1. The summed E-state index contributed by atoms with van der Waals surface area (Å²) in [5.74, 6) is 0. The topological polar surface area (TPSA) is 67.2 Å². The van der Waals surface area contributed by atoms with Gasteiger partial charge in [0.05, 0.1) is 11.5 Å². The molecule has 0 atom stereocenters. The molecule has 17 heavy (non-hydrogen) atoms. The van der Waals surface area contributed by atoms with Crippen molar-refractivity contribution in [3.8, 4) is 0 Å². The Kier molecular flexibility index (Phi) is 4.62. The number of hydrogen-bond acceptors (Lipinski definition) is 4. The zero-order valence-corrected chi connectivity index (χ0v) is 9.24. The molecule has 1 aromatic carbocycles. The molecule has 0 heterocycles. The minimum absolute atomic E-state index is 0.0914. The number of benzene rings is 1. The molecule has 1 rings (SSSR count). The first-order valence-corrected chi connectivity index (χ1v) is 5.09. The van der Waals surface area contributed by atoms with Gasteiger partial charge < -0.3 is 10.6 Å². The van der Waals surface area contributed by atoms with Crippen LogP contribution in [-0.4, -0.2) is 24.4 Å². The molecule has 0 aliphatic rings. The van der Waals surface area contributed by atoms with Gasteiger partial charge in [-0.15, -0.1) is 0 Å². The van der Waals surface area contributed by atoms with Crippen LogP contribution >= 0.6 is 0 Å². The van der Waals surface area contributed by atoms with Crippen molar-refractivity contribution in [2.45, 2.75) is 13.3 Å². The number of nitrogens with one attached hydrogen (secondary N) is 2. The Morgan fingerprint density at radius 3 is 2.41 bits per heavy atom. The molecule has 94 valence electrons. The lowest BCUT2D eigenvalue weighted by Gasteiger charge is -2.10. The molecule has 0 unspecified atom stereocenters. The van der Waals surface area contributed by atoms with E-state index < -0.39 is 17.9 Å². The lowest BCUT2D eigenvalue weighted by Crippen LogP contribution is -2.12. The number of para-hydroxylation sites is 1. The molecular formula is C10H13F2N3O2. The molecule has 0 aliphatic heterocycles. The van der Waals surface area contributed by atoms with Crippen LogP contribution in [0.25, 0.3) is 0 Å². The Bertz CT molecular complexity index is 399. The van der Waals surface area contributed by atoms with Gasteiger partial charge in [-0.25, -0.2) is 8.78 Å². The standard InChI is InChI=1S/C10H13F2N3O2/c1-2-13-7-4-3-5-8(10(7)15(16)17)14-6-9(11)12/h3-5,9,13-14H,2,6H2,1H3. The fourth-order valence-corrected chi connectivity index (χ4v) is 1.40. The van der Waals surface area contributed by atoms with Gasteiger partial charge in [-0.05, 0) is 19.1 Å². The van der Waals surface area contributed by atoms with Crippen LogP contribution in [0.3, 0.4) is 0 Å². The van der Waals surface area contributed by atoms with Crippen LogP contribution in [0.15, 0.2) is 18.2 Å². The highest BCUT2D eigenvalue weighted by molar-refractivity contribution is 5.76. The first-order valence-electron chi connectivity index (χ1n) is 5.09. The van der Waals surface area contributed by atoms with Gasteiger partial charge in [0.1, 0.15) is 11.4 Å². The van der Waals surface area contributed by atoms with Crippen LogP contribution in [0.5, 0.6) is 0 Å². The predicted octanol–water partition coefficient (Wildman–Crippen LogP) is 2.70. The van der Waals surface area contributed by atoms with E-state index in [1.165, 1.54) is 12.1 Å². The van der Waals surface area contributed by atoms with Crippen molar-refractivity contribution < 1.29 is 13.7 Å². The fraction of sp³-hybridized carbons (Fsp3) is 0.400. The summed E-state index contributed by atoms with van der Waals surface area (Å²) in [7, 11) is 0. The molecule has 0 bridgehead atoms. The monoisotopic (exact) mass is 245 g/mol. The molecule has 5 nitrogen and oxygen atoms in total. The van der Waals surface area contributed by atoms with E-state index in [2.05, 4.69) is 10.6 Å². The molecule has 0 amide bonds. The Balaban J connectivity index is 3.02. The van der Waals surface area contributed by atoms with Crippen molar-refractivity contribution in [2.24, 2.45) is 0 Å². The van der Waals surface area contributed by atoms with E-state index >= 15 is 0 Å². The molecule has 0 saturated carbocycles. The van der Waals surface area contributed by atoms with E-state index in [-0.39, 0.29) is 11.4 Å². The SMILES string of the molecule is CCNc1cccc(NCC(F)F)c1[N+](=O)[O-]. The highest BCUT2D eigenvalue weighted by Crippen LogP contribution is 2.32. The Morgan fingerprint density at radius 2 is 1.94 bits per heavy atom. The lowest BCUT2D eigenvalue weighted by atomic mass is 10.2. The highest BCUT2D eigenvalue weighted by atomic mass is 19.3. The first-order chi connectivity index (χ1) is 8.06. The summed E-state index contributed by atoms with van der Waals surface area (Å²) >= 11 is 0. The predicted molar refractivity (Wildman–Crippen MR) is 61.8 cm³/mol. The molecule has 0 radical (unpaired) electrons. The molecule has 0 saturated heterocycles. The van der Waals surface area contributed by atoms with Gasteiger partial charge >= 0.3 is 5.69 Å². The quantitative estimate of drug-likeness (QED) is 0.597. The van der Waals surface area contributed by atoms with E-state index in [4.69, 9.17) is 0 Å². The van der Waals surface area contributed by atoms with Crippen molar-refractivity contribution in [1.29, 1.82) is 0 Å². The Hall–Kier alpha value is -1.92. The van der Waals surface area contributed by atoms with Gasteiger partial charge in [0.15, 0.2) is 0 Å². The van der Waals surface area contributed by atoms with Crippen molar-refractivity contribution in [3.63, 3.8) is 0 Å². The summed E-state index contributed by atoms with van der Waals surface area (Å²) in [4.78, 5) is 10.3. The van der Waals surface area contributed by atoms with Crippen molar-refractivity contribution >= 4 is 17.1 Å². The first kappa shape index (κ1) is 13.1. The average molecular weight is 245 g/mol. The minimum atomic E-state index is -2.56. The van der Waals surface area contributed by atoms with Crippen LogP contribution in [0.2, 0.25) is 0 Å². The molecular weight excluding hydrogens is 232 g/mol. The molecule has 2 N–H and O–H groups in total. The number of halogens is 2. The van der Waals surface area contributed by atoms with Crippen LogP contribution < -0.4 is 10.6 Å². The lowest BCUT2D eigenvalue weighted by molar-refractivity contribution is -0.383. The minimum Gasteiger partial charge on any atom is -0.380 e. The largest absolute Gasteiger partial charge is 0.380 e. The summed E-state index contributed by atoms with van der Waals surface area (Å²) in [5.41, 5.74) is 0.195. The van der Waals surface area contributed by atoms with Gasteiger partial charge in [-0.1, -0.05) is 6.07 Å². The van der Waals surface area contributed by atoms with Crippen molar-refractivity contribution in [3.05, 3.63) is 28.3 Å². The van der Waals surface area contributed by atoms with E-state index in [0.29, 0.717) is 12.2 Å². The number of nitro groups is 1.